The molecule has 3 aromatic rings. The van der Waals surface area contributed by atoms with Crippen LogP contribution in [0, 0.1) is 0 Å². The number of rotatable bonds is 4. The van der Waals surface area contributed by atoms with E-state index in [1.54, 1.807) is 12.3 Å². The average molecular weight is 305 g/mol. The number of allylic oxidation sites excluding steroid dienone is 1. The second kappa shape index (κ2) is 6.96. The van der Waals surface area contributed by atoms with Crippen LogP contribution < -0.4 is 0 Å². The third kappa shape index (κ3) is 3.38. The minimum atomic E-state index is -1.40. The SMILES string of the molecule is O=[S@](/N=C/C=C/c1ccccc1)c1cccc2ccccc12. The maximum absolute atomic E-state index is 12.3. The van der Waals surface area contributed by atoms with Crippen LogP contribution in [0.3, 0.4) is 0 Å². The van der Waals surface area contributed by atoms with Crippen LogP contribution in [0.15, 0.2) is 88.2 Å². The molecule has 0 spiro atoms. The highest BCUT2D eigenvalue weighted by Crippen LogP contribution is 2.21. The minimum absolute atomic E-state index is 0.738. The topological polar surface area (TPSA) is 29.4 Å². The van der Waals surface area contributed by atoms with Crippen molar-refractivity contribution in [1.29, 1.82) is 0 Å². The van der Waals surface area contributed by atoms with Crippen molar-refractivity contribution >= 4 is 34.0 Å². The lowest BCUT2D eigenvalue weighted by Gasteiger charge is -2.02. The van der Waals surface area contributed by atoms with Crippen molar-refractivity contribution in [3.63, 3.8) is 0 Å². The van der Waals surface area contributed by atoms with Gasteiger partial charge in [-0.05, 0) is 28.5 Å². The lowest BCUT2D eigenvalue weighted by Crippen LogP contribution is -1.89. The molecule has 0 aliphatic heterocycles. The summed E-state index contributed by atoms with van der Waals surface area (Å²) < 4.78 is 16.5. The second-order valence-corrected chi connectivity index (χ2v) is 5.90. The minimum Gasteiger partial charge on any atom is -0.229 e. The average Bonchev–Trinajstić information content (AvgIpc) is 2.59. The van der Waals surface area contributed by atoms with Crippen LogP contribution in [0.25, 0.3) is 16.8 Å². The largest absolute Gasteiger partial charge is 0.229 e. The van der Waals surface area contributed by atoms with Crippen molar-refractivity contribution < 1.29 is 4.21 Å². The first kappa shape index (κ1) is 14.4. The molecule has 0 unspecified atom stereocenters. The molecule has 0 N–H and O–H groups in total. The van der Waals surface area contributed by atoms with Gasteiger partial charge in [-0.15, -0.1) is 0 Å². The van der Waals surface area contributed by atoms with Crippen LogP contribution >= 0.6 is 0 Å². The van der Waals surface area contributed by atoms with Gasteiger partial charge in [-0.1, -0.05) is 72.8 Å². The van der Waals surface area contributed by atoms with Crippen molar-refractivity contribution in [3.8, 4) is 0 Å². The molecule has 0 saturated carbocycles. The zero-order chi connectivity index (χ0) is 15.2. The fourth-order valence-corrected chi connectivity index (χ4v) is 3.08. The Morgan fingerprint density at radius 3 is 2.41 bits per heavy atom. The first-order valence-corrected chi connectivity index (χ1v) is 8.11. The van der Waals surface area contributed by atoms with Crippen molar-refractivity contribution in [2.45, 2.75) is 4.90 Å². The van der Waals surface area contributed by atoms with E-state index in [1.165, 1.54) is 0 Å². The van der Waals surface area contributed by atoms with Crippen molar-refractivity contribution in [2.75, 3.05) is 0 Å². The van der Waals surface area contributed by atoms with E-state index in [0.29, 0.717) is 0 Å². The Hall–Kier alpha value is -2.52. The highest BCUT2D eigenvalue weighted by atomic mass is 32.2. The van der Waals surface area contributed by atoms with Crippen LogP contribution in [-0.4, -0.2) is 10.4 Å². The van der Waals surface area contributed by atoms with Gasteiger partial charge in [0.2, 0.25) is 0 Å². The van der Waals surface area contributed by atoms with E-state index in [1.807, 2.05) is 78.9 Å². The second-order valence-electron chi connectivity index (χ2n) is 4.75. The predicted molar refractivity (Wildman–Crippen MR) is 94.3 cm³/mol. The highest BCUT2D eigenvalue weighted by Gasteiger charge is 2.05. The first-order valence-electron chi connectivity index (χ1n) is 7.00. The molecular formula is C19H15NOS. The summed E-state index contributed by atoms with van der Waals surface area (Å²) in [5, 5.41) is 2.05. The van der Waals surface area contributed by atoms with Crippen LogP contribution in [0.5, 0.6) is 0 Å². The van der Waals surface area contributed by atoms with Crippen molar-refractivity contribution in [2.24, 2.45) is 4.40 Å². The van der Waals surface area contributed by atoms with E-state index in [9.17, 15) is 4.21 Å². The standard InChI is InChI=1S/C19H15NOS/c21-22(20-15-7-10-16-8-2-1-3-9-16)19-14-6-12-17-11-4-5-13-18(17)19/h1-15H/b10-7+,20-15+/t22-/m0/s1. The van der Waals surface area contributed by atoms with Gasteiger partial charge in [0.15, 0.2) is 11.0 Å². The normalized spacial score (nSPS) is 13.1. The molecule has 22 heavy (non-hydrogen) atoms. The summed E-state index contributed by atoms with van der Waals surface area (Å²) in [6.07, 6.45) is 5.33. The van der Waals surface area contributed by atoms with Gasteiger partial charge in [0, 0.05) is 6.21 Å². The molecule has 0 saturated heterocycles. The van der Waals surface area contributed by atoms with Gasteiger partial charge in [0.05, 0.1) is 4.90 Å². The third-order valence-electron chi connectivity index (χ3n) is 3.27. The van der Waals surface area contributed by atoms with Gasteiger partial charge < -0.3 is 0 Å². The molecule has 3 aromatic carbocycles. The molecule has 0 amide bonds. The van der Waals surface area contributed by atoms with Gasteiger partial charge in [0.25, 0.3) is 0 Å². The fraction of sp³-hybridized carbons (Fsp3) is 0. The molecule has 3 rings (SSSR count). The molecule has 0 heterocycles. The smallest absolute Gasteiger partial charge is 0.173 e. The van der Waals surface area contributed by atoms with Crippen LogP contribution in [0.2, 0.25) is 0 Å². The van der Waals surface area contributed by atoms with E-state index in [2.05, 4.69) is 4.40 Å². The summed E-state index contributed by atoms with van der Waals surface area (Å²) in [6.45, 7) is 0. The molecule has 108 valence electrons. The zero-order valence-electron chi connectivity index (χ0n) is 11.9. The summed E-state index contributed by atoms with van der Waals surface area (Å²) in [6, 6.07) is 23.6. The Bertz CT molecular complexity index is 848. The fourth-order valence-electron chi connectivity index (χ4n) is 2.21. The van der Waals surface area contributed by atoms with Gasteiger partial charge in [-0.3, -0.25) is 0 Å². The number of nitrogens with zero attached hydrogens (tertiary/aromatic N) is 1. The van der Waals surface area contributed by atoms with E-state index in [4.69, 9.17) is 0 Å². The molecule has 2 nitrogen and oxygen atoms in total. The number of hydrogen-bond acceptors (Lipinski definition) is 1. The van der Waals surface area contributed by atoms with E-state index in [-0.39, 0.29) is 0 Å². The maximum atomic E-state index is 12.3. The van der Waals surface area contributed by atoms with Gasteiger partial charge in [-0.25, -0.2) is 4.21 Å². The van der Waals surface area contributed by atoms with Crippen LogP contribution in [0.4, 0.5) is 0 Å². The first-order chi connectivity index (χ1) is 10.8. The van der Waals surface area contributed by atoms with E-state index < -0.39 is 11.0 Å². The summed E-state index contributed by atoms with van der Waals surface area (Å²) >= 11 is 0. The number of hydrogen-bond donors (Lipinski definition) is 0. The molecule has 0 aromatic heterocycles. The van der Waals surface area contributed by atoms with Crippen LogP contribution in [0.1, 0.15) is 5.56 Å². The summed E-state index contributed by atoms with van der Waals surface area (Å²) in [5.74, 6) is 0. The Labute approximate surface area is 132 Å². The molecule has 3 heteroatoms. The lowest BCUT2D eigenvalue weighted by atomic mass is 10.1. The number of benzene rings is 3. The lowest BCUT2D eigenvalue weighted by molar-refractivity contribution is 0.685. The van der Waals surface area contributed by atoms with Crippen LogP contribution in [-0.2, 0) is 11.0 Å². The van der Waals surface area contributed by atoms with E-state index in [0.717, 1.165) is 21.2 Å². The monoisotopic (exact) mass is 305 g/mol. The third-order valence-corrected chi connectivity index (χ3v) is 4.31. The molecule has 0 aliphatic carbocycles. The van der Waals surface area contributed by atoms with Gasteiger partial charge >= 0.3 is 0 Å². The molecule has 0 radical (unpaired) electrons. The predicted octanol–water partition coefficient (Wildman–Crippen LogP) is 4.65. The van der Waals surface area contributed by atoms with Crippen molar-refractivity contribution in [3.05, 3.63) is 84.4 Å². The molecule has 0 aliphatic rings. The quantitative estimate of drug-likeness (QED) is 0.645. The molecule has 0 bridgehead atoms. The zero-order valence-corrected chi connectivity index (χ0v) is 12.7. The molecule has 1 atom stereocenters. The Kier molecular flexibility index (Phi) is 4.56. The highest BCUT2D eigenvalue weighted by molar-refractivity contribution is 7.84. The molecule has 0 fully saturated rings. The summed E-state index contributed by atoms with van der Waals surface area (Å²) in [4.78, 5) is 0.738. The Morgan fingerprint density at radius 2 is 1.55 bits per heavy atom. The van der Waals surface area contributed by atoms with E-state index >= 15 is 0 Å². The maximum Gasteiger partial charge on any atom is 0.173 e. The Balaban J connectivity index is 1.79. The summed E-state index contributed by atoms with van der Waals surface area (Å²) in [5.41, 5.74) is 1.09. The number of fused-ring (bicyclic) bond motifs is 1. The Morgan fingerprint density at radius 1 is 0.818 bits per heavy atom. The van der Waals surface area contributed by atoms with Gasteiger partial charge in [0.1, 0.15) is 0 Å². The van der Waals surface area contributed by atoms with Gasteiger partial charge in [-0.2, -0.15) is 4.40 Å². The molecular weight excluding hydrogens is 290 g/mol. The summed E-state index contributed by atoms with van der Waals surface area (Å²) in [7, 11) is -1.40. The van der Waals surface area contributed by atoms with Crippen molar-refractivity contribution in [1.82, 2.24) is 0 Å².